The standard InChI is InChI=1S/C13H13IN2/c1-9-7-11(8-16-13(9)14)12(15)10-5-3-2-4-6-10/h2-8,12H,15H2,1H3/t12-/m0/s1. The second-order valence-corrected chi connectivity index (χ2v) is 4.79. The highest BCUT2D eigenvalue weighted by molar-refractivity contribution is 14.1. The zero-order valence-electron chi connectivity index (χ0n) is 9.02. The maximum Gasteiger partial charge on any atom is 0.104 e. The number of benzene rings is 1. The number of rotatable bonds is 2. The summed E-state index contributed by atoms with van der Waals surface area (Å²) in [6.45, 7) is 2.05. The Labute approximate surface area is 109 Å². The van der Waals surface area contributed by atoms with Gasteiger partial charge in [0.1, 0.15) is 3.70 Å². The van der Waals surface area contributed by atoms with E-state index in [4.69, 9.17) is 5.73 Å². The van der Waals surface area contributed by atoms with E-state index in [1.165, 1.54) is 5.56 Å². The molecule has 0 aliphatic heterocycles. The first-order valence-electron chi connectivity index (χ1n) is 5.11. The average molecular weight is 324 g/mol. The second-order valence-electron chi connectivity index (χ2n) is 3.76. The van der Waals surface area contributed by atoms with Crippen molar-refractivity contribution >= 4 is 22.6 Å². The molecule has 0 aliphatic carbocycles. The molecule has 16 heavy (non-hydrogen) atoms. The Hall–Kier alpha value is -0.940. The number of aryl methyl sites for hydroxylation is 1. The lowest BCUT2D eigenvalue weighted by Crippen LogP contribution is -2.12. The molecule has 2 aromatic rings. The van der Waals surface area contributed by atoms with Gasteiger partial charge in [-0.1, -0.05) is 36.4 Å². The van der Waals surface area contributed by atoms with Gasteiger partial charge >= 0.3 is 0 Å². The maximum absolute atomic E-state index is 6.19. The highest BCUT2D eigenvalue weighted by Crippen LogP contribution is 2.20. The van der Waals surface area contributed by atoms with Gasteiger partial charge < -0.3 is 5.73 Å². The van der Waals surface area contributed by atoms with E-state index in [0.717, 1.165) is 14.8 Å². The predicted octanol–water partition coefficient (Wildman–Crippen LogP) is 3.04. The molecule has 0 spiro atoms. The number of pyridine rings is 1. The normalized spacial score (nSPS) is 12.4. The van der Waals surface area contributed by atoms with Gasteiger partial charge in [-0.3, -0.25) is 0 Å². The third-order valence-electron chi connectivity index (χ3n) is 2.55. The van der Waals surface area contributed by atoms with Crippen LogP contribution in [-0.4, -0.2) is 4.98 Å². The first kappa shape index (κ1) is 11.5. The van der Waals surface area contributed by atoms with Crippen molar-refractivity contribution in [3.05, 3.63) is 63.0 Å². The Morgan fingerprint density at radius 1 is 1.19 bits per heavy atom. The minimum Gasteiger partial charge on any atom is -0.320 e. The predicted molar refractivity (Wildman–Crippen MR) is 74.2 cm³/mol. The summed E-state index contributed by atoms with van der Waals surface area (Å²) in [4.78, 5) is 4.33. The van der Waals surface area contributed by atoms with Crippen molar-refractivity contribution < 1.29 is 0 Å². The van der Waals surface area contributed by atoms with E-state index in [1.54, 1.807) is 0 Å². The summed E-state index contributed by atoms with van der Waals surface area (Å²) in [6, 6.07) is 12.1. The SMILES string of the molecule is Cc1cc([C@@H](N)c2ccccc2)cnc1I. The first-order valence-corrected chi connectivity index (χ1v) is 6.19. The van der Waals surface area contributed by atoms with Gasteiger partial charge in [0.2, 0.25) is 0 Å². The molecule has 1 atom stereocenters. The fourth-order valence-corrected chi connectivity index (χ4v) is 1.90. The van der Waals surface area contributed by atoms with Gasteiger partial charge in [0.05, 0.1) is 6.04 Å². The van der Waals surface area contributed by atoms with Crippen molar-refractivity contribution in [2.24, 2.45) is 5.73 Å². The highest BCUT2D eigenvalue weighted by Gasteiger charge is 2.09. The highest BCUT2D eigenvalue weighted by atomic mass is 127. The van der Waals surface area contributed by atoms with E-state index in [9.17, 15) is 0 Å². The second kappa shape index (κ2) is 4.93. The van der Waals surface area contributed by atoms with Gasteiger partial charge in [-0.05, 0) is 46.2 Å². The van der Waals surface area contributed by atoms with Crippen LogP contribution in [0.25, 0.3) is 0 Å². The van der Waals surface area contributed by atoms with Crippen molar-refractivity contribution in [2.75, 3.05) is 0 Å². The van der Waals surface area contributed by atoms with Crippen LogP contribution in [0.2, 0.25) is 0 Å². The molecule has 1 heterocycles. The molecule has 82 valence electrons. The number of aromatic nitrogens is 1. The van der Waals surface area contributed by atoms with Crippen molar-refractivity contribution in [2.45, 2.75) is 13.0 Å². The fourth-order valence-electron chi connectivity index (χ4n) is 1.60. The number of nitrogens with zero attached hydrogens (tertiary/aromatic N) is 1. The molecule has 0 aliphatic rings. The third-order valence-corrected chi connectivity index (χ3v) is 3.68. The molecular weight excluding hydrogens is 311 g/mol. The third kappa shape index (κ3) is 2.41. The number of nitrogens with two attached hydrogens (primary N) is 1. The van der Waals surface area contributed by atoms with E-state index in [2.05, 4.69) is 40.6 Å². The lowest BCUT2D eigenvalue weighted by Gasteiger charge is -2.13. The minimum absolute atomic E-state index is 0.0931. The summed E-state index contributed by atoms with van der Waals surface area (Å²) in [5.74, 6) is 0. The Morgan fingerprint density at radius 3 is 2.50 bits per heavy atom. The Bertz CT molecular complexity index is 483. The lowest BCUT2D eigenvalue weighted by molar-refractivity contribution is 0.858. The molecule has 0 radical (unpaired) electrons. The Balaban J connectivity index is 2.34. The zero-order valence-corrected chi connectivity index (χ0v) is 11.2. The molecule has 2 N–H and O–H groups in total. The van der Waals surface area contributed by atoms with Gasteiger partial charge in [-0.2, -0.15) is 0 Å². The molecule has 0 saturated heterocycles. The van der Waals surface area contributed by atoms with Crippen LogP contribution >= 0.6 is 22.6 Å². The van der Waals surface area contributed by atoms with E-state index in [-0.39, 0.29) is 6.04 Å². The van der Waals surface area contributed by atoms with Crippen LogP contribution in [0.15, 0.2) is 42.6 Å². The molecule has 1 aromatic carbocycles. The molecular formula is C13H13IN2. The number of hydrogen-bond acceptors (Lipinski definition) is 2. The van der Waals surface area contributed by atoms with Crippen LogP contribution < -0.4 is 5.73 Å². The number of halogens is 1. The first-order chi connectivity index (χ1) is 7.68. The van der Waals surface area contributed by atoms with E-state index in [1.807, 2.05) is 36.5 Å². The van der Waals surface area contributed by atoms with Crippen LogP contribution in [0.5, 0.6) is 0 Å². The quantitative estimate of drug-likeness (QED) is 0.681. The van der Waals surface area contributed by atoms with Crippen molar-refractivity contribution in [3.63, 3.8) is 0 Å². The minimum atomic E-state index is -0.0931. The van der Waals surface area contributed by atoms with Crippen LogP contribution in [0.1, 0.15) is 22.7 Å². The van der Waals surface area contributed by atoms with Crippen molar-refractivity contribution in [3.8, 4) is 0 Å². The smallest absolute Gasteiger partial charge is 0.104 e. The van der Waals surface area contributed by atoms with Gasteiger partial charge in [-0.15, -0.1) is 0 Å². The summed E-state index contributed by atoms with van der Waals surface area (Å²) in [5, 5.41) is 0. The summed E-state index contributed by atoms with van der Waals surface area (Å²) in [5.41, 5.74) is 9.54. The summed E-state index contributed by atoms with van der Waals surface area (Å²) < 4.78 is 1.03. The fraction of sp³-hybridized carbons (Fsp3) is 0.154. The summed E-state index contributed by atoms with van der Waals surface area (Å²) in [6.07, 6.45) is 1.85. The zero-order chi connectivity index (χ0) is 11.5. The van der Waals surface area contributed by atoms with E-state index < -0.39 is 0 Å². The average Bonchev–Trinajstić information content (AvgIpc) is 2.33. The summed E-state index contributed by atoms with van der Waals surface area (Å²) in [7, 11) is 0. The largest absolute Gasteiger partial charge is 0.320 e. The monoisotopic (exact) mass is 324 g/mol. The maximum atomic E-state index is 6.19. The molecule has 3 heteroatoms. The van der Waals surface area contributed by atoms with Gasteiger partial charge in [0, 0.05) is 6.20 Å². The van der Waals surface area contributed by atoms with Crippen molar-refractivity contribution in [1.29, 1.82) is 0 Å². The van der Waals surface area contributed by atoms with Crippen LogP contribution in [0, 0.1) is 10.6 Å². The molecule has 0 bridgehead atoms. The van der Waals surface area contributed by atoms with Gasteiger partial charge in [-0.25, -0.2) is 4.98 Å². The molecule has 1 aromatic heterocycles. The van der Waals surface area contributed by atoms with Crippen LogP contribution in [0.3, 0.4) is 0 Å². The Morgan fingerprint density at radius 2 is 1.88 bits per heavy atom. The summed E-state index contributed by atoms with van der Waals surface area (Å²) >= 11 is 2.23. The molecule has 0 amide bonds. The molecule has 0 fully saturated rings. The Kier molecular flexibility index (Phi) is 3.56. The van der Waals surface area contributed by atoms with Gasteiger partial charge in [0.15, 0.2) is 0 Å². The topological polar surface area (TPSA) is 38.9 Å². The number of hydrogen-bond donors (Lipinski definition) is 1. The van der Waals surface area contributed by atoms with Crippen LogP contribution in [0.4, 0.5) is 0 Å². The van der Waals surface area contributed by atoms with Gasteiger partial charge in [0.25, 0.3) is 0 Å². The lowest BCUT2D eigenvalue weighted by atomic mass is 10.0. The van der Waals surface area contributed by atoms with E-state index in [0.29, 0.717) is 0 Å². The molecule has 2 nitrogen and oxygen atoms in total. The van der Waals surface area contributed by atoms with Crippen LogP contribution in [-0.2, 0) is 0 Å². The molecule has 2 rings (SSSR count). The van der Waals surface area contributed by atoms with Crippen molar-refractivity contribution in [1.82, 2.24) is 4.98 Å². The molecule has 0 unspecified atom stereocenters. The molecule has 0 saturated carbocycles. The van der Waals surface area contributed by atoms with E-state index >= 15 is 0 Å².